The van der Waals surface area contributed by atoms with Crippen molar-refractivity contribution in [2.75, 3.05) is 6.54 Å². The molecule has 1 aromatic heterocycles. The molecule has 1 aliphatic carbocycles. The van der Waals surface area contributed by atoms with E-state index in [4.69, 9.17) is 5.73 Å². The molecule has 1 fully saturated rings. The number of aryl methyl sites for hydroxylation is 1. The molecule has 0 spiro atoms. The molecular weight excluding hydrogens is 228 g/mol. The molecule has 0 aromatic carbocycles. The fourth-order valence-corrected chi connectivity index (χ4v) is 2.50. The van der Waals surface area contributed by atoms with Gasteiger partial charge in [0, 0.05) is 25.4 Å². The molecule has 18 heavy (non-hydrogen) atoms. The smallest absolute Gasteiger partial charge is 0.241 e. The first-order valence-electron chi connectivity index (χ1n) is 6.68. The van der Waals surface area contributed by atoms with E-state index >= 15 is 0 Å². The number of aromatic nitrogens is 2. The van der Waals surface area contributed by atoms with Crippen LogP contribution in [0.15, 0.2) is 12.4 Å². The summed E-state index contributed by atoms with van der Waals surface area (Å²) in [4.78, 5) is 11.9. The first-order chi connectivity index (χ1) is 8.66. The number of nitrogens with one attached hydrogen (secondary N) is 1. The van der Waals surface area contributed by atoms with Crippen molar-refractivity contribution in [2.45, 2.75) is 38.1 Å². The Hall–Kier alpha value is -1.36. The number of nitrogens with two attached hydrogens (primary N) is 1. The van der Waals surface area contributed by atoms with E-state index in [1.165, 1.54) is 32.1 Å². The highest BCUT2D eigenvalue weighted by molar-refractivity contribution is 5.82. The molecule has 1 saturated carbocycles. The molecule has 1 heterocycles. The Morgan fingerprint density at radius 1 is 1.56 bits per heavy atom. The van der Waals surface area contributed by atoms with E-state index in [1.807, 2.05) is 7.05 Å². The summed E-state index contributed by atoms with van der Waals surface area (Å²) in [6.45, 7) is 0.757. The number of amides is 1. The van der Waals surface area contributed by atoms with E-state index in [0.29, 0.717) is 5.92 Å². The van der Waals surface area contributed by atoms with Crippen LogP contribution in [0.5, 0.6) is 0 Å². The van der Waals surface area contributed by atoms with Crippen LogP contribution < -0.4 is 11.1 Å². The lowest BCUT2D eigenvalue weighted by Crippen LogP contribution is -2.37. The van der Waals surface area contributed by atoms with Crippen LogP contribution in [-0.4, -0.2) is 22.2 Å². The van der Waals surface area contributed by atoms with E-state index in [9.17, 15) is 4.79 Å². The van der Waals surface area contributed by atoms with Crippen LogP contribution in [0.1, 0.15) is 43.7 Å². The van der Waals surface area contributed by atoms with Gasteiger partial charge in [-0.2, -0.15) is 5.10 Å². The molecule has 1 amide bonds. The molecule has 100 valence electrons. The van der Waals surface area contributed by atoms with Gasteiger partial charge in [-0.05, 0) is 18.8 Å². The van der Waals surface area contributed by atoms with Crippen LogP contribution in [0.2, 0.25) is 0 Å². The average Bonchev–Trinajstić information content (AvgIpc) is 2.83. The molecule has 0 radical (unpaired) electrons. The number of nitrogens with zero attached hydrogens (tertiary/aromatic N) is 2. The van der Waals surface area contributed by atoms with Gasteiger partial charge in [-0.15, -0.1) is 0 Å². The van der Waals surface area contributed by atoms with Crippen LogP contribution in [0.25, 0.3) is 0 Å². The van der Waals surface area contributed by atoms with Crippen molar-refractivity contribution >= 4 is 5.91 Å². The van der Waals surface area contributed by atoms with Crippen LogP contribution >= 0.6 is 0 Å². The Morgan fingerprint density at radius 3 is 2.89 bits per heavy atom. The van der Waals surface area contributed by atoms with Crippen LogP contribution in [0.4, 0.5) is 0 Å². The Bertz CT molecular complexity index is 395. The van der Waals surface area contributed by atoms with Gasteiger partial charge in [0.1, 0.15) is 6.04 Å². The van der Waals surface area contributed by atoms with Gasteiger partial charge in [0.25, 0.3) is 0 Å². The molecule has 1 aromatic rings. The van der Waals surface area contributed by atoms with Crippen molar-refractivity contribution in [2.24, 2.45) is 18.7 Å². The Labute approximate surface area is 108 Å². The number of rotatable bonds is 4. The van der Waals surface area contributed by atoms with E-state index in [-0.39, 0.29) is 5.91 Å². The Morgan fingerprint density at radius 2 is 2.28 bits per heavy atom. The SMILES string of the molecule is Cn1cc(C(N)C(=O)NCC2CCCCC2)cn1. The second-order valence-electron chi connectivity index (χ2n) is 5.17. The fourth-order valence-electron chi connectivity index (χ4n) is 2.50. The quantitative estimate of drug-likeness (QED) is 0.841. The molecule has 1 atom stereocenters. The summed E-state index contributed by atoms with van der Waals surface area (Å²) in [6.07, 6.45) is 9.78. The highest BCUT2D eigenvalue weighted by Gasteiger charge is 2.19. The normalized spacial score (nSPS) is 18.6. The summed E-state index contributed by atoms with van der Waals surface area (Å²) in [5.41, 5.74) is 6.66. The molecule has 3 N–H and O–H groups in total. The van der Waals surface area contributed by atoms with Gasteiger partial charge < -0.3 is 11.1 Å². The zero-order valence-corrected chi connectivity index (χ0v) is 10.9. The van der Waals surface area contributed by atoms with Gasteiger partial charge in [0.2, 0.25) is 5.91 Å². The maximum Gasteiger partial charge on any atom is 0.241 e. The van der Waals surface area contributed by atoms with Crippen molar-refractivity contribution in [1.29, 1.82) is 0 Å². The number of hydrogen-bond donors (Lipinski definition) is 2. The minimum absolute atomic E-state index is 0.103. The van der Waals surface area contributed by atoms with E-state index < -0.39 is 6.04 Å². The largest absolute Gasteiger partial charge is 0.354 e. The van der Waals surface area contributed by atoms with Gasteiger partial charge >= 0.3 is 0 Å². The van der Waals surface area contributed by atoms with Crippen LogP contribution in [-0.2, 0) is 11.8 Å². The van der Waals surface area contributed by atoms with E-state index in [1.54, 1.807) is 17.1 Å². The summed E-state index contributed by atoms with van der Waals surface area (Å²) in [6, 6.07) is -0.609. The van der Waals surface area contributed by atoms with Gasteiger partial charge in [-0.3, -0.25) is 9.48 Å². The third kappa shape index (κ3) is 3.32. The highest BCUT2D eigenvalue weighted by atomic mass is 16.2. The summed E-state index contributed by atoms with van der Waals surface area (Å²) in [5.74, 6) is 0.525. The summed E-state index contributed by atoms with van der Waals surface area (Å²) < 4.78 is 1.66. The van der Waals surface area contributed by atoms with Crippen molar-refractivity contribution in [3.05, 3.63) is 18.0 Å². The third-order valence-corrected chi connectivity index (χ3v) is 3.66. The van der Waals surface area contributed by atoms with Crippen LogP contribution in [0.3, 0.4) is 0 Å². The third-order valence-electron chi connectivity index (χ3n) is 3.66. The summed E-state index contributed by atoms with van der Waals surface area (Å²) in [7, 11) is 1.82. The lowest BCUT2D eigenvalue weighted by Gasteiger charge is -2.22. The number of hydrogen-bond acceptors (Lipinski definition) is 3. The monoisotopic (exact) mass is 250 g/mol. The summed E-state index contributed by atoms with van der Waals surface area (Å²) in [5, 5.41) is 6.99. The predicted molar refractivity (Wildman–Crippen MR) is 69.7 cm³/mol. The predicted octanol–water partition coefficient (Wildman–Crippen LogP) is 1.12. The van der Waals surface area contributed by atoms with Gasteiger partial charge in [-0.1, -0.05) is 19.3 Å². The maximum absolute atomic E-state index is 11.9. The second kappa shape index (κ2) is 6.00. The number of carbonyl (C=O) groups excluding carboxylic acids is 1. The minimum atomic E-state index is -0.609. The van der Waals surface area contributed by atoms with Crippen molar-refractivity contribution in [3.63, 3.8) is 0 Å². The Kier molecular flexibility index (Phi) is 4.36. The highest BCUT2D eigenvalue weighted by Crippen LogP contribution is 2.22. The van der Waals surface area contributed by atoms with Crippen molar-refractivity contribution < 1.29 is 4.79 Å². The lowest BCUT2D eigenvalue weighted by molar-refractivity contribution is -0.122. The molecule has 5 nitrogen and oxygen atoms in total. The molecule has 0 bridgehead atoms. The van der Waals surface area contributed by atoms with Gasteiger partial charge in [0.15, 0.2) is 0 Å². The topological polar surface area (TPSA) is 72.9 Å². The van der Waals surface area contributed by atoms with E-state index in [0.717, 1.165) is 12.1 Å². The van der Waals surface area contributed by atoms with Crippen molar-refractivity contribution in [1.82, 2.24) is 15.1 Å². The standard InChI is InChI=1S/C13H22N4O/c1-17-9-11(8-16-17)12(14)13(18)15-7-10-5-3-2-4-6-10/h8-10,12H,2-7,14H2,1H3,(H,15,18). The number of carbonyl (C=O) groups is 1. The molecule has 1 unspecified atom stereocenters. The average molecular weight is 250 g/mol. The molecular formula is C13H22N4O. The first-order valence-corrected chi connectivity index (χ1v) is 6.68. The van der Waals surface area contributed by atoms with Gasteiger partial charge in [0.05, 0.1) is 6.20 Å². The zero-order chi connectivity index (χ0) is 13.0. The molecule has 5 heteroatoms. The maximum atomic E-state index is 11.9. The minimum Gasteiger partial charge on any atom is -0.354 e. The van der Waals surface area contributed by atoms with Crippen molar-refractivity contribution in [3.8, 4) is 0 Å². The van der Waals surface area contributed by atoms with Gasteiger partial charge in [-0.25, -0.2) is 0 Å². The first kappa shape index (κ1) is 13.1. The molecule has 0 aliphatic heterocycles. The van der Waals surface area contributed by atoms with E-state index in [2.05, 4.69) is 10.4 Å². The van der Waals surface area contributed by atoms with Crippen LogP contribution in [0, 0.1) is 5.92 Å². The molecule has 0 saturated heterocycles. The molecule has 1 aliphatic rings. The zero-order valence-electron chi connectivity index (χ0n) is 10.9. The summed E-state index contributed by atoms with van der Waals surface area (Å²) >= 11 is 0. The lowest BCUT2D eigenvalue weighted by atomic mass is 9.89. The molecule has 2 rings (SSSR count). The fraction of sp³-hybridized carbons (Fsp3) is 0.692. The Balaban J connectivity index is 1.80. The second-order valence-corrected chi connectivity index (χ2v) is 5.17.